The van der Waals surface area contributed by atoms with Crippen molar-refractivity contribution in [1.82, 2.24) is 0 Å². The summed E-state index contributed by atoms with van der Waals surface area (Å²) in [7, 11) is 0. The first kappa shape index (κ1) is 10.9. The van der Waals surface area contributed by atoms with Crippen molar-refractivity contribution in [3.63, 3.8) is 0 Å². The number of rotatable bonds is 0. The topological polar surface area (TPSA) is 17.1 Å². The Kier molecular flexibility index (Phi) is 2.52. The van der Waals surface area contributed by atoms with Gasteiger partial charge in [0.25, 0.3) is 0 Å². The summed E-state index contributed by atoms with van der Waals surface area (Å²) in [6.45, 7) is 11.0. The lowest BCUT2D eigenvalue weighted by atomic mass is 9.70. The number of allylic oxidation sites excluding steroid dienone is 1. The lowest BCUT2D eigenvalue weighted by molar-refractivity contribution is -0.120. The van der Waals surface area contributed by atoms with E-state index in [0.29, 0.717) is 23.0 Å². The van der Waals surface area contributed by atoms with Gasteiger partial charge in [0.1, 0.15) is 5.78 Å². The zero-order valence-electron chi connectivity index (χ0n) is 10.2. The molecule has 2 fully saturated rings. The molecule has 0 heterocycles. The third-order valence-electron chi connectivity index (χ3n) is 4.70. The van der Waals surface area contributed by atoms with Gasteiger partial charge in [-0.25, -0.2) is 0 Å². The van der Waals surface area contributed by atoms with Gasteiger partial charge in [-0.1, -0.05) is 32.9 Å². The van der Waals surface area contributed by atoms with E-state index in [-0.39, 0.29) is 5.92 Å². The Labute approximate surface area is 92.9 Å². The SMILES string of the molecule is C=C1CCCC(C)(C)[C@@H]2CC(=O)[C@@H](C)[C@H]12. The normalized spacial score (nSPS) is 40.1. The molecule has 0 N–H and O–H groups in total. The minimum Gasteiger partial charge on any atom is -0.299 e. The molecule has 0 aromatic heterocycles. The highest BCUT2D eigenvalue weighted by Gasteiger charge is 2.48. The van der Waals surface area contributed by atoms with E-state index < -0.39 is 0 Å². The molecule has 0 unspecified atom stereocenters. The molecule has 0 radical (unpaired) electrons. The summed E-state index contributed by atoms with van der Waals surface area (Å²) in [5.74, 6) is 1.70. The van der Waals surface area contributed by atoms with Crippen LogP contribution in [-0.4, -0.2) is 5.78 Å². The minimum atomic E-state index is 0.222. The van der Waals surface area contributed by atoms with Crippen molar-refractivity contribution in [2.45, 2.75) is 46.5 Å². The molecule has 0 bridgehead atoms. The van der Waals surface area contributed by atoms with E-state index in [1.165, 1.54) is 18.4 Å². The van der Waals surface area contributed by atoms with E-state index in [1.807, 2.05) is 0 Å². The fraction of sp³-hybridized carbons (Fsp3) is 0.786. The molecule has 2 aliphatic carbocycles. The molecule has 0 aromatic carbocycles. The summed E-state index contributed by atoms with van der Waals surface area (Å²) in [5, 5.41) is 0. The summed E-state index contributed by atoms with van der Waals surface area (Å²) >= 11 is 0. The first-order valence-corrected chi connectivity index (χ1v) is 6.14. The summed E-state index contributed by atoms with van der Waals surface area (Å²) in [6.07, 6.45) is 4.41. The highest BCUT2D eigenvalue weighted by Crippen LogP contribution is 2.52. The van der Waals surface area contributed by atoms with E-state index in [1.54, 1.807) is 0 Å². The predicted molar refractivity (Wildman–Crippen MR) is 62.5 cm³/mol. The third kappa shape index (κ3) is 1.66. The Morgan fingerprint density at radius 2 is 2.07 bits per heavy atom. The summed E-state index contributed by atoms with van der Waals surface area (Å²) < 4.78 is 0. The van der Waals surface area contributed by atoms with Gasteiger partial charge in [-0.2, -0.15) is 0 Å². The van der Waals surface area contributed by atoms with Crippen LogP contribution in [-0.2, 0) is 4.79 Å². The second kappa shape index (κ2) is 3.47. The van der Waals surface area contributed by atoms with Gasteiger partial charge in [0.05, 0.1) is 0 Å². The molecule has 1 nitrogen and oxygen atoms in total. The minimum absolute atomic E-state index is 0.222. The number of carbonyl (C=O) groups excluding carboxylic acids is 1. The van der Waals surface area contributed by atoms with Crippen molar-refractivity contribution in [3.8, 4) is 0 Å². The second-order valence-electron chi connectivity index (χ2n) is 6.09. The maximum atomic E-state index is 11.8. The summed E-state index contributed by atoms with van der Waals surface area (Å²) in [4.78, 5) is 11.8. The van der Waals surface area contributed by atoms with Crippen LogP contribution in [0.5, 0.6) is 0 Å². The average Bonchev–Trinajstić information content (AvgIpc) is 2.38. The molecule has 2 rings (SSSR count). The van der Waals surface area contributed by atoms with Gasteiger partial charge in [0.15, 0.2) is 0 Å². The Bertz CT molecular complexity index is 300. The second-order valence-corrected chi connectivity index (χ2v) is 6.09. The third-order valence-corrected chi connectivity index (χ3v) is 4.70. The molecular weight excluding hydrogens is 184 g/mol. The number of hydrogen-bond acceptors (Lipinski definition) is 1. The highest BCUT2D eigenvalue weighted by atomic mass is 16.1. The number of fused-ring (bicyclic) bond motifs is 1. The smallest absolute Gasteiger partial charge is 0.136 e. The van der Waals surface area contributed by atoms with Crippen molar-refractivity contribution in [2.75, 3.05) is 0 Å². The van der Waals surface area contributed by atoms with Gasteiger partial charge in [-0.15, -0.1) is 0 Å². The standard InChI is InChI=1S/C14H22O/c1-9-6-5-7-14(3,4)11-8-12(15)10(2)13(9)11/h10-11,13H,1,5-8H2,2-4H3/t10-,11-,13+/m1/s1. The largest absolute Gasteiger partial charge is 0.299 e. The van der Waals surface area contributed by atoms with Crippen molar-refractivity contribution in [2.24, 2.45) is 23.2 Å². The van der Waals surface area contributed by atoms with Crippen molar-refractivity contribution in [1.29, 1.82) is 0 Å². The zero-order valence-corrected chi connectivity index (χ0v) is 10.2. The molecule has 0 amide bonds. The molecule has 2 saturated carbocycles. The van der Waals surface area contributed by atoms with Crippen molar-refractivity contribution in [3.05, 3.63) is 12.2 Å². The highest BCUT2D eigenvalue weighted by molar-refractivity contribution is 5.84. The van der Waals surface area contributed by atoms with Crippen LogP contribution in [0.1, 0.15) is 46.5 Å². The van der Waals surface area contributed by atoms with Crippen LogP contribution in [0.3, 0.4) is 0 Å². The van der Waals surface area contributed by atoms with E-state index in [9.17, 15) is 4.79 Å². The van der Waals surface area contributed by atoms with Gasteiger partial charge in [-0.3, -0.25) is 4.79 Å². The average molecular weight is 206 g/mol. The predicted octanol–water partition coefficient (Wildman–Crippen LogP) is 3.59. The number of Topliss-reactive ketones (excluding diaryl/α,β-unsaturated/α-hetero) is 1. The Morgan fingerprint density at radius 1 is 1.40 bits per heavy atom. The number of ketones is 1. The maximum Gasteiger partial charge on any atom is 0.136 e. The maximum absolute atomic E-state index is 11.8. The fourth-order valence-corrected chi connectivity index (χ4v) is 3.60. The molecule has 0 aromatic rings. The van der Waals surface area contributed by atoms with Crippen molar-refractivity contribution < 1.29 is 4.79 Å². The van der Waals surface area contributed by atoms with Gasteiger partial charge in [-0.05, 0) is 36.5 Å². The molecule has 0 aliphatic heterocycles. The number of hydrogen-bond donors (Lipinski definition) is 0. The summed E-state index contributed by atoms with van der Waals surface area (Å²) in [5.41, 5.74) is 1.66. The monoisotopic (exact) mass is 206 g/mol. The quantitative estimate of drug-likeness (QED) is 0.553. The summed E-state index contributed by atoms with van der Waals surface area (Å²) in [6, 6.07) is 0. The van der Waals surface area contributed by atoms with Crippen LogP contribution in [0.4, 0.5) is 0 Å². The van der Waals surface area contributed by atoms with E-state index in [4.69, 9.17) is 0 Å². The van der Waals surface area contributed by atoms with Crippen LogP contribution in [0, 0.1) is 23.2 Å². The Hall–Kier alpha value is -0.590. The lowest BCUT2D eigenvalue weighted by Gasteiger charge is -2.34. The number of carbonyl (C=O) groups is 1. The Morgan fingerprint density at radius 3 is 2.73 bits per heavy atom. The van der Waals surface area contributed by atoms with Crippen LogP contribution < -0.4 is 0 Å². The molecule has 2 aliphatic rings. The van der Waals surface area contributed by atoms with E-state index >= 15 is 0 Å². The van der Waals surface area contributed by atoms with E-state index in [2.05, 4.69) is 27.4 Å². The molecule has 3 atom stereocenters. The molecule has 0 saturated heterocycles. The molecule has 84 valence electrons. The zero-order chi connectivity index (χ0) is 11.2. The van der Waals surface area contributed by atoms with Crippen LogP contribution in [0.15, 0.2) is 12.2 Å². The van der Waals surface area contributed by atoms with Crippen molar-refractivity contribution >= 4 is 5.78 Å². The lowest BCUT2D eigenvalue weighted by Crippen LogP contribution is -2.27. The molecule has 0 spiro atoms. The van der Waals surface area contributed by atoms with Crippen LogP contribution in [0.25, 0.3) is 0 Å². The Balaban J connectivity index is 2.35. The van der Waals surface area contributed by atoms with Gasteiger partial charge in [0, 0.05) is 12.3 Å². The molecular formula is C14H22O. The first-order chi connectivity index (χ1) is 6.93. The first-order valence-electron chi connectivity index (χ1n) is 6.14. The molecule has 15 heavy (non-hydrogen) atoms. The van der Waals surface area contributed by atoms with E-state index in [0.717, 1.165) is 12.8 Å². The fourth-order valence-electron chi connectivity index (χ4n) is 3.60. The molecule has 1 heteroatoms. The van der Waals surface area contributed by atoms with Gasteiger partial charge < -0.3 is 0 Å². The van der Waals surface area contributed by atoms with Crippen LogP contribution in [0.2, 0.25) is 0 Å². The van der Waals surface area contributed by atoms with Gasteiger partial charge >= 0.3 is 0 Å². The van der Waals surface area contributed by atoms with Gasteiger partial charge in [0.2, 0.25) is 0 Å². The van der Waals surface area contributed by atoms with Crippen LogP contribution >= 0.6 is 0 Å².